The smallest absolute Gasteiger partial charge is 0.352 e. The van der Waals surface area contributed by atoms with Crippen LogP contribution in [-0.2, 0) is 15.3 Å². The van der Waals surface area contributed by atoms with Gasteiger partial charge in [-0.05, 0) is 19.3 Å². The number of ketones is 1. The molecule has 0 amide bonds. The van der Waals surface area contributed by atoms with Crippen LogP contribution in [0.5, 0.6) is 0 Å². The van der Waals surface area contributed by atoms with Crippen LogP contribution >= 0.6 is 0 Å². The number of nitrogens with zero attached hydrogens (tertiary/aromatic N) is 2. The largest absolute Gasteiger partial charge is 0.394 e. The second-order valence-electron chi connectivity index (χ2n) is 6.57. The van der Waals surface area contributed by atoms with Gasteiger partial charge in [-0.25, -0.2) is 9.18 Å². The van der Waals surface area contributed by atoms with Gasteiger partial charge in [-0.1, -0.05) is 19.3 Å². The molecule has 3 N–H and O–H groups in total. The summed E-state index contributed by atoms with van der Waals surface area (Å²) in [7, 11) is 0. The average molecular weight is 339 g/mol. The fourth-order valence-corrected chi connectivity index (χ4v) is 3.74. The molecule has 2 aliphatic rings. The third-order valence-electron chi connectivity index (χ3n) is 5.03. The van der Waals surface area contributed by atoms with Crippen LogP contribution in [0.2, 0.25) is 0 Å². The number of halogens is 1. The number of aromatic nitrogens is 2. The average Bonchev–Trinajstić information content (AvgIpc) is 3.03. The topological polar surface area (TPSA) is 107 Å². The van der Waals surface area contributed by atoms with Gasteiger partial charge in [0.1, 0.15) is 0 Å². The molecule has 1 aromatic rings. The van der Waals surface area contributed by atoms with Crippen molar-refractivity contribution in [3.8, 4) is 0 Å². The Labute approximate surface area is 138 Å². The van der Waals surface area contributed by atoms with Crippen molar-refractivity contribution in [2.24, 2.45) is 5.92 Å². The Morgan fingerprint density at radius 3 is 2.75 bits per heavy atom. The summed E-state index contributed by atoms with van der Waals surface area (Å²) in [6, 6.07) is 0. The molecule has 1 aliphatic heterocycles. The third-order valence-corrected chi connectivity index (χ3v) is 5.03. The summed E-state index contributed by atoms with van der Waals surface area (Å²) in [5.41, 5.74) is 2.91. The molecule has 2 atom stereocenters. The van der Waals surface area contributed by atoms with E-state index in [1.54, 1.807) is 0 Å². The Hall–Kier alpha value is -1.80. The summed E-state index contributed by atoms with van der Waals surface area (Å²) in [5.74, 6) is -1.84. The van der Waals surface area contributed by atoms with Crippen molar-refractivity contribution < 1.29 is 19.0 Å². The molecule has 8 heteroatoms. The second kappa shape index (κ2) is 6.60. The first-order valence-electron chi connectivity index (χ1n) is 8.36. The van der Waals surface area contributed by atoms with E-state index in [-0.39, 0.29) is 24.7 Å². The lowest BCUT2D eigenvalue weighted by molar-refractivity contribution is -0.166. The van der Waals surface area contributed by atoms with E-state index in [1.165, 1.54) is 0 Å². The Balaban J connectivity index is 2.05. The first kappa shape index (κ1) is 17.0. The van der Waals surface area contributed by atoms with Crippen LogP contribution in [0.4, 0.5) is 10.2 Å². The minimum atomic E-state index is -1.60. The summed E-state index contributed by atoms with van der Waals surface area (Å²) >= 11 is 0. The van der Waals surface area contributed by atoms with Crippen LogP contribution in [0, 0.1) is 11.7 Å². The van der Waals surface area contributed by atoms with Crippen molar-refractivity contribution in [1.82, 2.24) is 9.55 Å². The number of rotatable bonds is 4. The van der Waals surface area contributed by atoms with Gasteiger partial charge < -0.3 is 15.6 Å². The molecule has 1 aromatic heterocycles. The van der Waals surface area contributed by atoms with Gasteiger partial charge >= 0.3 is 5.69 Å². The molecule has 2 fully saturated rings. The van der Waals surface area contributed by atoms with E-state index in [9.17, 15) is 19.1 Å². The molecule has 24 heavy (non-hydrogen) atoms. The van der Waals surface area contributed by atoms with Crippen molar-refractivity contribution in [2.45, 2.75) is 56.8 Å². The number of hydrogen-bond acceptors (Lipinski definition) is 6. The number of nitrogens with two attached hydrogens (primary N) is 1. The quantitative estimate of drug-likeness (QED) is 0.845. The molecule has 7 nitrogen and oxygen atoms in total. The van der Waals surface area contributed by atoms with Crippen molar-refractivity contribution in [2.75, 3.05) is 12.3 Å². The Bertz CT molecular complexity index is 686. The van der Waals surface area contributed by atoms with Gasteiger partial charge in [-0.2, -0.15) is 4.98 Å². The highest BCUT2D eigenvalue weighted by atomic mass is 19.1. The minimum Gasteiger partial charge on any atom is -0.394 e. The van der Waals surface area contributed by atoms with Gasteiger partial charge in [0, 0.05) is 12.3 Å². The fraction of sp³-hybridized carbons (Fsp3) is 0.688. The number of aliphatic hydroxyl groups is 1. The van der Waals surface area contributed by atoms with E-state index in [2.05, 4.69) is 4.98 Å². The first-order chi connectivity index (χ1) is 11.5. The van der Waals surface area contributed by atoms with E-state index >= 15 is 0 Å². The molecule has 0 aromatic carbocycles. The van der Waals surface area contributed by atoms with Gasteiger partial charge in [0.2, 0.25) is 5.72 Å². The fourth-order valence-electron chi connectivity index (χ4n) is 3.74. The maximum atomic E-state index is 13.9. The SMILES string of the molecule is Nc1nc(=O)n([C@@]2(C(=O)C3CCCCC3)CC[C@@H](CO)O2)cc1F. The highest BCUT2D eigenvalue weighted by molar-refractivity contribution is 5.87. The minimum absolute atomic E-state index is 0.207. The zero-order valence-electron chi connectivity index (χ0n) is 13.4. The number of nitrogen functional groups attached to an aromatic ring is 1. The summed E-state index contributed by atoms with van der Waals surface area (Å²) in [4.78, 5) is 28.9. The molecule has 0 spiro atoms. The number of carbonyl (C=O) groups is 1. The summed E-state index contributed by atoms with van der Waals surface area (Å²) in [6.07, 6.45) is 5.37. The maximum Gasteiger partial charge on any atom is 0.352 e. The lowest BCUT2D eigenvalue weighted by atomic mass is 9.81. The van der Waals surface area contributed by atoms with Gasteiger partial charge in [0.05, 0.1) is 18.9 Å². The number of Topliss-reactive ketones (excluding diaryl/α,β-unsaturated/α-hetero) is 1. The van der Waals surface area contributed by atoms with E-state index in [0.29, 0.717) is 6.42 Å². The number of carbonyl (C=O) groups excluding carboxylic acids is 1. The lowest BCUT2D eigenvalue weighted by Gasteiger charge is -2.34. The highest BCUT2D eigenvalue weighted by Gasteiger charge is 2.51. The Morgan fingerprint density at radius 1 is 1.42 bits per heavy atom. The number of hydrogen-bond donors (Lipinski definition) is 2. The highest BCUT2D eigenvalue weighted by Crippen LogP contribution is 2.40. The molecule has 1 saturated heterocycles. The van der Waals surface area contributed by atoms with Gasteiger partial charge in [-0.3, -0.25) is 9.36 Å². The standard InChI is InChI=1S/C16H22FN3O4/c17-12-8-20(15(23)19-14(12)18)16(7-6-11(9-21)24-16)13(22)10-4-2-1-3-5-10/h8,10-11,21H,1-7,9H2,(H2,18,19,23)/t11-,16-/m0/s1. The lowest BCUT2D eigenvalue weighted by Crippen LogP contribution is -2.51. The van der Waals surface area contributed by atoms with E-state index in [4.69, 9.17) is 10.5 Å². The molecule has 3 rings (SSSR count). The molecular weight excluding hydrogens is 317 g/mol. The van der Waals surface area contributed by atoms with Crippen molar-refractivity contribution in [3.05, 3.63) is 22.5 Å². The third kappa shape index (κ3) is 2.84. The van der Waals surface area contributed by atoms with Crippen LogP contribution < -0.4 is 11.4 Å². The first-order valence-corrected chi connectivity index (χ1v) is 8.36. The van der Waals surface area contributed by atoms with Gasteiger partial charge in [0.15, 0.2) is 17.4 Å². The number of anilines is 1. The molecule has 0 unspecified atom stereocenters. The van der Waals surface area contributed by atoms with Gasteiger partial charge in [-0.15, -0.1) is 0 Å². The van der Waals surface area contributed by atoms with E-state index < -0.39 is 29.2 Å². The maximum absolute atomic E-state index is 13.9. The Morgan fingerprint density at radius 2 is 2.12 bits per heavy atom. The van der Waals surface area contributed by atoms with E-state index in [0.717, 1.165) is 42.9 Å². The normalized spacial score (nSPS) is 28.2. The summed E-state index contributed by atoms with van der Waals surface area (Å²) in [6.45, 7) is -0.265. The molecule has 0 bridgehead atoms. The number of aliphatic hydroxyl groups excluding tert-OH is 1. The zero-order chi connectivity index (χ0) is 17.3. The molecular formula is C16H22FN3O4. The van der Waals surface area contributed by atoms with E-state index in [1.807, 2.05) is 0 Å². The molecule has 0 radical (unpaired) electrons. The van der Waals surface area contributed by atoms with Crippen LogP contribution in [0.1, 0.15) is 44.9 Å². The molecule has 1 aliphatic carbocycles. The second-order valence-corrected chi connectivity index (χ2v) is 6.57. The Kier molecular flexibility index (Phi) is 4.69. The monoisotopic (exact) mass is 339 g/mol. The summed E-state index contributed by atoms with van der Waals surface area (Å²) < 4.78 is 20.6. The van der Waals surface area contributed by atoms with Crippen molar-refractivity contribution in [1.29, 1.82) is 0 Å². The molecule has 2 heterocycles. The predicted molar refractivity (Wildman–Crippen MR) is 83.6 cm³/mol. The van der Waals surface area contributed by atoms with Gasteiger partial charge in [0.25, 0.3) is 0 Å². The van der Waals surface area contributed by atoms with Crippen LogP contribution in [0.25, 0.3) is 0 Å². The van der Waals surface area contributed by atoms with Crippen LogP contribution in [0.3, 0.4) is 0 Å². The summed E-state index contributed by atoms with van der Waals surface area (Å²) in [5, 5.41) is 9.37. The predicted octanol–water partition coefficient (Wildman–Crippen LogP) is 0.938. The van der Waals surface area contributed by atoms with Crippen LogP contribution in [-0.4, -0.2) is 33.2 Å². The molecule has 1 saturated carbocycles. The van der Waals surface area contributed by atoms with Crippen molar-refractivity contribution in [3.63, 3.8) is 0 Å². The number of ether oxygens (including phenoxy) is 1. The van der Waals surface area contributed by atoms with Crippen LogP contribution in [0.15, 0.2) is 11.0 Å². The molecule has 132 valence electrons. The zero-order valence-corrected chi connectivity index (χ0v) is 13.4. The van der Waals surface area contributed by atoms with Crippen molar-refractivity contribution >= 4 is 11.6 Å².